The Morgan fingerprint density at radius 1 is 1.10 bits per heavy atom. The summed E-state index contributed by atoms with van der Waals surface area (Å²) in [5, 5.41) is 3.27. The van der Waals surface area contributed by atoms with E-state index < -0.39 is 6.36 Å². The molecule has 1 saturated carbocycles. The largest absolute Gasteiger partial charge is 0.573 e. The Balaban J connectivity index is 1.58. The van der Waals surface area contributed by atoms with Gasteiger partial charge in [0.2, 0.25) is 5.95 Å². The second-order valence-corrected chi connectivity index (χ2v) is 7.87. The summed E-state index contributed by atoms with van der Waals surface area (Å²) in [7, 11) is 0. The summed E-state index contributed by atoms with van der Waals surface area (Å²) in [6.45, 7) is 3.18. The zero-order valence-corrected chi connectivity index (χ0v) is 16.2. The molecule has 0 spiro atoms. The predicted molar refractivity (Wildman–Crippen MR) is 107 cm³/mol. The number of aromatic nitrogens is 2. The monoisotopic (exact) mass is 403 g/mol. The second-order valence-electron chi connectivity index (χ2n) is 7.87. The van der Waals surface area contributed by atoms with Crippen LogP contribution in [0.15, 0.2) is 48.5 Å². The van der Waals surface area contributed by atoms with Gasteiger partial charge < -0.3 is 14.6 Å². The van der Waals surface area contributed by atoms with Gasteiger partial charge in [-0.15, -0.1) is 13.2 Å². The standard InChI is InChI=1S/C22H24F3N3O/c1-15-5-4-6-16(13-15)14-28-20-8-3-2-7-19(20)27-21(28)26-17-9-11-18(12-10-17)29-22(23,24)25/h2-3,7-12,15-16H,4-6,13-14H2,1H3,(H,26,27)/t15-,16?/m0/s1. The number of anilines is 2. The number of hydrogen-bond donors (Lipinski definition) is 1. The fourth-order valence-corrected chi connectivity index (χ4v) is 4.21. The number of benzene rings is 2. The van der Waals surface area contributed by atoms with E-state index in [2.05, 4.69) is 27.6 Å². The molecule has 0 aliphatic heterocycles. The molecule has 1 unspecified atom stereocenters. The molecule has 1 aliphatic carbocycles. The SMILES string of the molecule is C[C@H]1CCCC(Cn2c(Nc3ccc(OC(F)(F)F)cc3)nc3ccccc32)C1. The molecule has 4 rings (SSSR count). The summed E-state index contributed by atoms with van der Waals surface area (Å²) in [4.78, 5) is 4.71. The molecule has 0 amide bonds. The first-order valence-electron chi connectivity index (χ1n) is 9.95. The number of hydrogen-bond acceptors (Lipinski definition) is 3. The Morgan fingerprint density at radius 3 is 2.59 bits per heavy atom. The predicted octanol–water partition coefficient (Wildman–Crippen LogP) is 6.50. The highest BCUT2D eigenvalue weighted by atomic mass is 19.4. The average Bonchev–Trinajstić information content (AvgIpc) is 2.99. The van der Waals surface area contributed by atoms with E-state index in [1.165, 1.54) is 37.8 Å². The number of halogens is 3. The van der Waals surface area contributed by atoms with Crippen molar-refractivity contribution < 1.29 is 17.9 Å². The van der Waals surface area contributed by atoms with Crippen molar-refractivity contribution in [2.45, 2.75) is 45.5 Å². The topological polar surface area (TPSA) is 39.1 Å². The minimum atomic E-state index is -4.69. The lowest BCUT2D eigenvalue weighted by Crippen LogP contribution is -2.19. The van der Waals surface area contributed by atoms with Crippen LogP contribution in [-0.2, 0) is 6.54 Å². The van der Waals surface area contributed by atoms with Crippen molar-refractivity contribution in [3.63, 3.8) is 0 Å². The fourth-order valence-electron chi connectivity index (χ4n) is 4.21. The molecule has 1 aliphatic rings. The molecule has 3 aromatic rings. The van der Waals surface area contributed by atoms with Crippen molar-refractivity contribution in [1.29, 1.82) is 0 Å². The third-order valence-electron chi connectivity index (χ3n) is 5.48. The summed E-state index contributed by atoms with van der Waals surface area (Å²) in [6.07, 6.45) is 0.260. The Morgan fingerprint density at radius 2 is 1.86 bits per heavy atom. The number of fused-ring (bicyclic) bond motifs is 1. The van der Waals surface area contributed by atoms with Gasteiger partial charge in [0, 0.05) is 12.2 Å². The summed E-state index contributed by atoms with van der Waals surface area (Å²) in [5.74, 6) is 1.79. The summed E-state index contributed by atoms with van der Waals surface area (Å²) < 4.78 is 43.2. The van der Waals surface area contributed by atoms with Crippen LogP contribution in [-0.4, -0.2) is 15.9 Å². The molecule has 1 fully saturated rings. The van der Waals surface area contributed by atoms with Gasteiger partial charge in [-0.2, -0.15) is 0 Å². The zero-order chi connectivity index (χ0) is 20.4. The van der Waals surface area contributed by atoms with Gasteiger partial charge in [0.15, 0.2) is 0 Å². The number of para-hydroxylation sites is 2. The van der Waals surface area contributed by atoms with Crippen LogP contribution < -0.4 is 10.1 Å². The van der Waals surface area contributed by atoms with Crippen molar-refractivity contribution >= 4 is 22.7 Å². The quantitative estimate of drug-likeness (QED) is 0.528. The Hall–Kier alpha value is -2.70. The van der Waals surface area contributed by atoms with Crippen molar-refractivity contribution in [1.82, 2.24) is 9.55 Å². The zero-order valence-electron chi connectivity index (χ0n) is 16.2. The molecule has 2 aromatic carbocycles. The van der Waals surface area contributed by atoms with Crippen LogP contribution in [0.25, 0.3) is 11.0 Å². The Kier molecular flexibility index (Phi) is 5.39. The lowest BCUT2D eigenvalue weighted by molar-refractivity contribution is -0.274. The first kappa shape index (κ1) is 19.6. The molecule has 0 radical (unpaired) electrons. The van der Waals surface area contributed by atoms with Gasteiger partial charge in [0.25, 0.3) is 0 Å². The third kappa shape index (κ3) is 4.83. The van der Waals surface area contributed by atoms with Crippen LogP contribution in [0.3, 0.4) is 0 Å². The van der Waals surface area contributed by atoms with E-state index in [1.54, 1.807) is 12.1 Å². The van der Waals surface area contributed by atoms with E-state index in [1.807, 2.05) is 18.2 Å². The molecular formula is C22H24F3N3O. The van der Waals surface area contributed by atoms with Crippen LogP contribution in [0.1, 0.15) is 32.6 Å². The van der Waals surface area contributed by atoms with Gasteiger partial charge in [-0.3, -0.25) is 0 Å². The number of rotatable bonds is 5. The normalized spacial score (nSPS) is 20.0. The molecule has 154 valence electrons. The van der Waals surface area contributed by atoms with Crippen LogP contribution in [0.2, 0.25) is 0 Å². The number of ether oxygens (including phenoxy) is 1. The van der Waals surface area contributed by atoms with Crippen LogP contribution in [0.4, 0.5) is 24.8 Å². The number of imidazole rings is 1. The van der Waals surface area contributed by atoms with E-state index in [0.717, 1.165) is 23.5 Å². The van der Waals surface area contributed by atoms with E-state index in [0.29, 0.717) is 17.6 Å². The molecule has 1 N–H and O–H groups in total. The van der Waals surface area contributed by atoms with Crippen LogP contribution in [0, 0.1) is 11.8 Å². The van der Waals surface area contributed by atoms with Gasteiger partial charge in [-0.05, 0) is 61.1 Å². The molecule has 7 heteroatoms. The van der Waals surface area contributed by atoms with Gasteiger partial charge in [-0.25, -0.2) is 4.98 Å². The number of nitrogens with one attached hydrogen (secondary N) is 1. The molecule has 29 heavy (non-hydrogen) atoms. The van der Waals surface area contributed by atoms with E-state index in [-0.39, 0.29) is 5.75 Å². The first-order chi connectivity index (χ1) is 13.9. The van der Waals surface area contributed by atoms with Crippen molar-refractivity contribution in [3.8, 4) is 5.75 Å². The van der Waals surface area contributed by atoms with Crippen molar-refractivity contribution in [2.75, 3.05) is 5.32 Å². The van der Waals surface area contributed by atoms with Gasteiger partial charge in [0.05, 0.1) is 11.0 Å². The molecule has 1 aromatic heterocycles. The third-order valence-corrected chi connectivity index (χ3v) is 5.48. The van der Waals surface area contributed by atoms with Gasteiger partial charge in [0.1, 0.15) is 5.75 Å². The molecule has 4 nitrogen and oxygen atoms in total. The number of nitrogens with zero attached hydrogens (tertiary/aromatic N) is 2. The van der Waals surface area contributed by atoms with E-state index in [9.17, 15) is 13.2 Å². The fraction of sp³-hybridized carbons (Fsp3) is 0.409. The summed E-state index contributed by atoms with van der Waals surface area (Å²) in [5.41, 5.74) is 2.62. The highest BCUT2D eigenvalue weighted by Crippen LogP contribution is 2.33. The van der Waals surface area contributed by atoms with Gasteiger partial charge in [-0.1, -0.05) is 31.9 Å². The highest BCUT2D eigenvalue weighted by molar-refractivity contribution is 5.79. The lowest BCUT2D eigenvalue weighted by atomic mass is 9.82. The van der Waals surface area contributed by atoms with E-state index >= 15 is 0 Å². The molecule has 2 atom stereocenters. The molecule has 0 saturated heterocycles. The maximum absolute atomic E-state index is 12.4. The maximum Gasteiger partial charge on any atom is 0.573 e. The Labute approximate surface area is 167 Å². The minimum Gasteiger partial charge on any atom is -0.406 e. The maximum atomic E-state index is 12.4. The van der Waals surface area contributed by atoms with Crippen LogP contribution >= 0.6 is 0 Å². The van der Waals surface area contributed by atoms with Crippen molar-refractivity contribution in [2.24, 2.45) is 11.8 Å². The van der Waals surface area contributed by atoms with Crippen LogP contribution in [0.5, 0.6) is 5.75 Å². The lowest BCUT2D eigenvalue weighted by Gasteiger charge is -2.27. The van der Waals surface area contributed by atoms with Crippen molar-refractivity contribution in [3.05, 3.63) is 48.5 Å². The first-order valence-corrected chi connectivity index (χ1v) is 9.95. The second kappa shape index (κ2) is 7.97. The van der Waals surface area contributed by atoms with Gasteiger partial charge >= 0.3 is 6.36 Å². The Bertz CT molecular complexity index is 966. The smallest absolute Gasteiger partial charge is 0.406 e. The average molecular weight is 403 g/mol. The molecule has 1 heterocycles. The summed E-state index contributed by atoms with van der Waals surface area (Å²) in [6, 6.07) is 13.7. The highest BCUT2D eigenvalue weighted by Gasteiger charge is 2.31. The summed E-state index contributed by atoms with van der Waals surface area (Å²) >= 11 is 0. The van der Waals surface area contributed by atoms with E-state index in [4.69, 9.17) is 4.98 Å². The minimum absolute atomic E-state index is 0.243. The molecular weight excluding hydrogens is 379 g/mol. The molecule has 0 bridgehead atoms. The number of alkyl halides is 3.